The van der Waals surface area contributed by atoms with Crippen LogP contribution in [0, 0.1) is 0 Å². The lowest BCUT2D eigenvalue weighted by molar-refractivity contribution is -0.274. The Hall–Kier alpha value is -3.52. The molecular formula is C24H21F3O5. The Morgan fingerprint density at radius 2 is 1.66 bits per heavy atom. The van der Waals surface area contributed by atoms with Gasteiger partial charge in [0.15, 0.2) is 11.5 Å². The second kappa shape index (κ2) is 10.7. The Morgan fingerprint density at radius 1 is 0.938 bits per heavy atom. The van der Waals surface area contributed by atoms with Gasteiger partial charge in [-0.2, -0.15) is 0 Å². The summed E-state index contributed by atoms with van der Waals surface area (Å²) in [6.07, 6.45) is -4.49. The van der Waals surface area contributed by atoms with Crippen molar-refractivity contribution in [3.05, 3.63) is 89.5 Å². The molecule has 0 heterocycles. The molecule has 0 aromatic heterocycles. The molecule has 0 aliphatic carbocycles. The normalized spacial score (nSPS) is 12.1. The monoisotopic (exact) mass is 446 g/mol. The summed E-state index contributed by atoms with van der Waals surface area (Å²) >= 11 is 0. The summed E-state index contributed by atoms with van der Waals surface area (Å²) in [5, 5.41) is 0. The number of benzene rings is 3. The Balaban J connectivity index is 1.76. The van der Waals surface area contributed by atoms with Crippen LogP contribution in [0.2, 0.25) is 0 Å². The fraction of sp³-hybridized carbons (Fsp3) is 0.208. The highest BCUT2D eigenvalue weighted by molar-refractivity contribution is 5.76. The highest BCUT2D eigenvalue weighted by Crippen LogP contribution is 2.33. The first-order valence-corrected chi connectivity index (χ1v) is 9.65. The second-order valence-corrected chi connectivity index (χ2v) is 6.78. The number of hydrogen-bond donors (Lipinski definition) is 0. The summed E-state index contributed by atoms with van der Waals surface area (Å²) in [6.45, 7) is 0.346. The number of alkyl halides is 3. The van der Waals surface area contributed by atoms with E-state index in [2.05, 4.69) is 4.74 Å². The zero-order valence-corrected chi connectivity index (χ0v) is 17.2. The molecule has 5 nitrogen and oxygen atoms in total. The molecule has 168 valence electrons. The van der Waals surface area contributed by atoms with E-state index in [1.165, 1.54) is 24.3 Å². The van der Waals surface area contributed by atoms with E-state index in [1.54, 1.807) is 25.3 Å². The van der Waals surface area contributed by atoms with Crippen LogP contribution in [-0.4, -0.2) is 26.4 Å². The molecule has 3 aromatic rings. The maximum Gasteiger partial charge on any atom is 0.573 e. The Bertz CT molecular complexity index is 1000. The number of ether oxygens (including phenoxy) is 4. The van der Waals surface area contributed by atoms with Gasteiger partial charge in [-0.3, -0.25) is 4.79 Å². The van der Waals surface area contributed by atoms with Crippen molar-refractivity contribution in [2.75, 3.05) is 13.7 Å². The lowest BCUT2D eigenvalue weighted by Gasteiger charge is -2.21. The minimum atomic E-state index is -4.75. The first-order valence-electron chi connectivity index (χ1n) is 9.65. The van der Waals surface area contributed by atoms with Gasteiger partial charge in [-0.05, 0) is 41.5 Å². The average Bonchev–Trinajstić information content (AvgIpc) is 2.78. The molecule has 1 atom stereocenters. The van der Waals surface area contributed by atoms with Gasteiger partial charge in [0.25, 0.3) is 0 Å². The van der Waals surface area contributed by atoms with Crippen molar-refractivity contribution in [1.29, 1.82) is 0 Å². The first kappa shape index (κ1) is 23.1. The van der Waals surface area contributed by atoms with E-state index in [0.717, 1.165) is 5.56 Å². The van der Waals surface area contributed by atoms with E-state index < -0.39 is 12.5 Å². The average molecular weight is 446 g/mol. The molecule has 0 saturated carbocycles. The van der Waals surface area contributed by atoms with E-state index in [1.807, 2.05) is 30.3 Å². The summed E-state index contributed by atoms with van der Waals surface area (Å²) in [4.78, 5) is 11.2. The highest BCUT2D eigenvalue weighted by atomic mass is 19.4. The largest absolute Gasteiger partial charge is 0.573 e. The smallest absolute Gasteiger partial charge is 0.485 e. The van der Waals surface area contributed by atoms with Gasteiger partial charge in [-0.25, -0.2) is 0 Å². The molecule has 0 aliphatic heterocycles. The zero-order chi connectivity index (χ0) is 23.0. The number of aldehydes is 1. The maximum absolute atomic E-state index is 12.3. The molecule has 0 spiro atoms. The van der Waals surface area contributed by atoms with Gasteiger partial charge in [0.05, 0.1) is 6.61 Å². The van der Waals surface area contributed by atoms with E-state index in [9.17, 15) is 18.0 Å². The molecule has 0 amide bonds. The third-order valence-corrected chi connectivity index (χ3v) is 4.41. The van der Waals surface area contributed by atoms with Crippen LogP contribution in [0.15, 0.2) is 72.8 Å². The van der Waals surface area contributed by atoms with E-state index >= 15 is 0 Å². The van der Waals surface area contributed by atoms with Gasteiger partial charge in [-0.15, -0.1) is 13.2 Å². The molecule has 8 heteroatoms. The molecule has 0 radical (unpaired) electrons. The van der Waals surface area contributed by atoms with Crippen LogP contribution in [0.5, 0.6) is 17.2 Å². The minimum absolute atomic E-state index is 0.0728. The second-order valence-electron chi connectivity index (χ2n) is 6.78. The summed E-state index contributed by atoms with van der Waals surface area (Å²) in [7, 11) is 1.56. The van der Waals surface area contributed by atoms with Gasteiger partial charge in [-0.1, -0.05) is 42.5 Å². The number of halogens is 3. The van der Waals surface area contributed by atoms with E-state index in [-0.39, 0.29) is 19.0 Å². The van der Waals surface area contributed by atoms with E-state index in [4.69, 9.17) is 14.2 Å². The van der Waals surface area contributed by atoms with Gasteiger partial charge >= 0.3 is 6.36 Å². The minimum Gasteiger partial charge on any atom is -0.485 e. The van der Waals surface area contributed by atoms with Crippen molar-refractivity contribution in [3.63, 3.8) is 0 Å². The topological polar surface area (TPSA) is 54.0 Å². The number of methoxy groups -OCH3 is 1. The third-order valence-electron chi connectivity index (χ3n) is 4.41. The van der Waals surface area contributed by atoms with Gasteiger partial charge < -0.3 is 18.9 Å². The van der Waals surface area contributed by atoms with Gasteiger partial charge in [0.1, 0.15) is 24.7 Å². The highest BCUT2D eigenvalue weighted by Gasteiger charge is 2.30. The molecule has 0 aliphatic rings. The van der Waals surface area contributed by atoms with Crippen LogP contribution in [-0.2, 0) is 11.3 Å². The standard InChI is InChI=1S/C24H21F3O5/c1-29-16-23(19-5-3-2-4-6-19)31-22-13-18(14-28)9-12-21(22)30-15-17-7-10-20(11-8-17)32-24(25,26)27/h2-14,23H,15-16H2,1H3. The predicted molar refractivity (Wildman–Crippen MR) is 111 cm³/mol. The number of rotatable bonds is 10. The van der Waals surface area contributed by atoms with Crippen molar-refractivity contribution < 1.29 is 36.9 Å². The lowest BCUT2D eigenvalue weighted by Crippen LogP contribution is -2.17. The SMILES string of the molecule is COCC(Oc1cc(C=O)ccc1OCc1ccc(OC(F)(F)F)cc1)c1ccccc1. The van der Waals surface area contributed by atoms with Gasteiger partial charge in [0, 0.05) is 12.7 Å². The maximum atomic E-state index is 12.3. The first-order chi connectivity index (χ1) is 15.4. The number of carbonyl (C=O) groups excluding carboxylic acids is 1. The molecule has 0 fully saturated rings. The van der Waals surface area contributed by atoms with E-state index in [0.29, 0.717) is 28.9 Å². The summed E-state index contributed by atoms with van der Waals surface area (Å²) in [5.74, 6) is 0.409. The molecule has 1 unspecified atom stereocenters. The van der Waals surface area contributed by atoms with Crippen LogP contribution < -0.4 is 14.2 Å². The molecule has 0 N–H and O–H groups in total. The summed E-state index contributed by atoms with van der Waals surface area (Å²) in [6, 6.07) is 19.6. The Kier molecular flexibility index (Phi) is 7.72. The molecule has 3 aromatic carbocycles. The van der Waals surface area contributed by atoms with Crippen molar-refractivity contribution in [2.45, 2.75) is 19.1 Å². The quantitative estimate of drug-likeness (QED) is 0.372. The van der Waals surface area contributed by atoms with Crippen LogP contribution >= 0.6 is 0 Å². The van der Waals surface area contributed by atoms with Crippen molar-refractivity contribution in [2.24, 2.45) is 0 Å². The Labute approximate surface area is 183 Å². The molecule has 3 rings (SSSR count). The fourth-order valence-electron chi connectivity index (χ4n) is 2.93. The molecule has 0 bridgehead atoms. The predicted octanol–water partition coefficient (Wildman–Crippen LogP) is 5.74. The number of hydrogen-bond acceptors (Lipinski definition) is 5. The lowest BCUT2D eigenvalue weighted by atomic mass is 10.1. The van der Waals surface area contributed by atoms with Gasteiger partial charge in [0.2, 0.25) is 0 Å². The third kappa shape index (κ3) is 6.75. The van der Waals surface area contributed by atoms with Crippen LogP contribution in [0.4, 0.5) is 13.2 Å². The zero-order valence-electron chi connectivity index (χ0n) is 17.2. The van der Waals surface area contributed by atoms with Crippen LogP contribution in [0.25, 0.3) is 0 Å². The molecule has 32 heavy (non-hydrogen) atoms. The van der Waals surface area contributed by atoms with Crippen molar-refractivity contribution in [3.8, 4) is 17.2 Å². The molecule has 0 saturated heterocycles. The summed E-state index contributed by atoms with van der Waals surface area (Å²) < 4.78 is 58.0. The summed E-state index contributed by atoms with van der Waals surface area (Å²) in [5.41, 5.74) is 1.92. The Morgan fingerprint density at radius 3 is 2.28 bits per heavy atom. The van der Waals surface area contributed by atoms with Crippen molar-refractivity contribution in [1.82, 2.24) is 0 Å². The fourth-order valence-corrected chi connectivity index (χ4v) is 2.93. The van der Waals surface area contributed by atoms with Crippen LogP contribution in [0.1, 0.15) is 27.6 Å². The number of carbonyl (C=O) groups is 1. The van der Waals surface area contributed by atoms with Crippen molar-refractivity contribution >= 4 is 6.29 Å². The molecular weight excluding hydrogens is 425 g/mol. The van der Waals surface area contributed by atoms with Crippen LogP contribution in [0.3, 0.4) is 0 Å².